The zero-order valence-electron chi connectivity index (χ0n) is 11.0. The fourth-order valence-corrected chi connectivity index (χ4v) is 1.77. The SMILES string of the molecule is Cc1[nH]ncc1CCCNC(=O)c1ccc(C(=O)O)o1. The number of nitrogens with one attached hydrogen (secondary N) is 2. The van der Waals surface area contributed by atoms with Gasteiger partial charge in [-0.1, -0.05) is 0 Å². The van der Waals surface area contributed by atoms with Crippen molar-refractivity contribution in [1.82, 2.24) is 15.5 Å². The lowest BCUT2D eigenvalue weighted by Crippen LogP contribution is -2.24. The Morgan fingerprint density at radius 3 is 2.75 bits per heavy atom. The molecule has 3 N–H and O–H groups in total. The van der Waals surface area contributed by atoms with Crippen molar-refractivity contribution in [3.05, 3.63) is 41.1 Å². The second kappa shape index (κ2) is 6.05. The number of aromatic carboxylic acids is 1. The fourth-order valence-electron chi connectivity index (χ4n) is 1.77. The molecular formula is C13H15N3O4. The Morgan fingerprint density at radius 2 is 2.15 bits per heavy atom. The molecule has 0 bridgehead atoms. The summed E-state index contributed by atoms with van der Waals surface area (Å²) in [5, 5.41) is 18.1. The Morgan fingerprint density at radius 1 is 1.40 bits per heavy atom. The molecule has 2 rings (SSSR count). The number of amides is 1. The molecule has 0 aliphatic rings. The number of hydrogen-bond donors (Lipinski definition) is 3. The van der Waals surface area contributed by atoms with E-state index in [-0.39, 0.29) is 11.5 Å². The van der Waals surface area contributed by atoms with Crippen LogP contribution in [0.25, 0.3) is 0 Å². The van der Waals surface area contributed by atoms with E-state index in [0.29, 0.717) is 6.54 Å². The first-order valence-electron chi connectivity index (χ1n) is 6.18. The maximum absolute atomic E-state index is 11.7. The molecule has 2 aromatic rings. The van der Waals surface area contributed by atoms with Crippen molar-refractivity contribution in [1.29, 1.82) is 0 Å². The first kappa shape index (κ1) is 13.9. The van der Waals surface area contributed by atoms with Gasteiger partial charge in [0, 0.05) is 12.2 Å². The van der Waals surface area contributed by atoms with Crippen molar-refractivity contribution in [3.8, 4) is 0 Å². The number of hydrogen-bond acceptors (Lipinski definition) is 4. The highest BCUT2D eigenvalue weighted by atomic mass is 16.4. The summed E-state index contributed by atoms with van der Waals surface area (Å²) in [6, 6.07) is 2.60. The maximum Gasteiger partial charge on any atom is 0.371 e. The third-order valence-electron chi connectivity index (χ3n) is 2.88. The first-order chi connectivity index (χ1) is 9.58. The second-order valence-electron chi connectivity index (χ2n) is 4.35. The lowest BCUT2D eigenvalue weighted by Gasteiger charge is -2.02. The van der Waals surface area contributed by atoms with Crippen LogP contribution in [0.15, 0.2) is 22.7 Å². The van der Waals surface area contributed by atoms with Crippen LogP contribution >= 0.6 is 0 Å². The van der Waals surface area contributed by atoms with Gasteiger partial charge < -0.3 is 14.8 Å². The number of aryl methyl sites for hydroxylation is 2. The van der Waals surface area contributed by atoms with E-state index >= 15 is 0 Å². The van der Waals surface area contributed by atoms with Crippen LogP contribution in [0.4, 0.5) is 0 Å². The van der Waals surface area contributed by atoms with Gasteiger partial charge in [0.2, 0.25) is 5.76 Å². The number of carboxylic acid groups (broad SMARTS) is 1. The smallest absolute Gasteiger partial charge is 0.371 e. The van der Waals surface area contributed by atoms with Gasteiger partial charge >= 0.3 is 5.97 Å². The molecule has 0 saturated carbocycles. The van der Waals surface area contributed by atoms with Crippen molar-refractivity contribution in [2.24, 2.45) is 0 Å². The molecule has 20 heavy (non-hydrogen) atoms. The van der Waals surface area contributed by atoms with Gasteiger partial charge in [-0.3, -0.25) is 9.89 Å². The molecule has 0 aliphatic heterocycles. The van der Waals surface area contributed by atoms with Crippen LogP contribution in [0.5, 0.6) is 0 Å². The Bertz CT molecular complexity index is 615. The molecule has 0 unspecified atom stereocenters. The zero-order chi connectivity index (χ0) is 14.5. The largest absolute Gasteiger partial charge is 0.475 e. The molecule has 2 aromatic heterocycles. The molecule has 0 fully saturated rings. The monoisotopic (exact) mass is 277 g/mol. The Labute approximate surface area is 115 Å². The number of carboxylic acids is 1. The second-order valence-corrected chi connectivity index (χ2v) is 4.35. The highest BCUT2D eigenvalue weighted by Gasteiger charge is 2.14. The van der Waals surface area contributed by atoms with E-state index in [1.54, 1.807) is 6.20 Å². The number of H-pyrrole nitrogens is 1. The zero-order valence-corrected chi connectivity index (χ0v) is 11.0. The molecule has 0 spiro atoms. The normalized spacial score (nSPS) is 10.4. The summed E-state index contributed by atoms with van der Waals surface area (Å²) in [5.41, 5.74) is 2.14. The van der Waals surface area contributed by atoms with E-state index in [2.05, 4.69) is 15.5 Å². The van der Waals surface area contributed by atoms with E-state index in [1.165, 1.54) is 12.1 Å². The molecule has 0 radical (unpaired) electrons. The van der Waals surface area contributed by atoms with Gasteiger partial charge in [0.05, 0.1) is 6.20 Å². The Hall–Kier alpha value is -2.57. The minimum Gasteiger partial charge on any atom is -0.475 e. The third-order valence-corrected chi connectivity index (χ3v) is 2.88. The van der Waals surface area contributed by atoms with Gasteiger partial charge in [-0.25, -0.2) is 4.79 Å². The van der Waals surface area contributed by atoms with Crippen LogP contribution in [0.3, 0.4) is 0 Å². The molecule has 7 heteroatoms. The lowest BCUT2D eigenvalue weighted by atomic mass is 10.1. The van der Waals surface area contributed by atoms with Gasteiger partial charge in [0.1, 0.15) is 0 Å². The molecule has 1 amide bonds. The summed E-state index contributed by atoms with van der Waals surface area (Å²) in [7, 11) is 0. The van der Waals surface area contributed by atoms with Gasteiger partial charge in [0.25, 0.3) is 5.91 Å². The van der Waals surface area contributed by atoms with Gasteiger partial charge in [0.15, 0.2) is 5.76 Å². The standard InChI is InChI=1S/C13H15N3O4/c1-8-9(7-15-16-8)3-2-6-14-12(17)10-4-5-11(20-10)13(18)19/h4-5,7H,2-3,6H2,1H3,(H,14,17)(H,15,16)(H,18,19). The van der Waals surface area contributed by atoms with E-state index in [0.717, 1.165) is 24.1 Å². The maximum atomic E-state index is 11.7. The Balaban J connectivity index is 1.77. The van der Waals surface area contributed by atoms with Gasteiger partial charge in [-0.15, -0.1) is 0 Å². The van der Waals surface area contributed by atoms with Crippen LogP contribution in [0.1, 0.15) is 38.8 Å². The summed E-state index contributed by atoms with van der Waals surface area (Å²) in [6.45, 7) is 2.42. The van der Waals surface area contributed by atoms with Crippen LogP contribution in [0.2, 0.25) is 0 Å². The quantitative estimate of drug-likeness (QED) is 0.691. The van der Waals surface area contributed by atoms with Crippen molar-refractivity contribution in [2.45, 2.75) is 19.8 Å². The highest BCUT2D eigenvalue weighted by Crippen LogP contribution is 2.08. The van der Waals surface area contributed by atoms with Crippen LogP contribution in [-0.4, -0.2) is 33.7 Å². The number of carbonyl (C=O) groups excluding carboxylic acids is 1. The minimum absolute atomic E-state index is 0.00175. The number of rotatable bonds is 6. The third kappa shape index (κ3) is 3.25. The molecule has 0 atom stereocenters. The number of carbonyl (C=O) groups is 2. The molecule has 106 valence electrons. The number of aromatic amines is 1. The summed E-state index contributed by atoms with van der Waals surface area (Å²) >= 11 is 0. The predicted molar refractivity (Wildman–Crippen MR) is 69.6 cm³/mol. The number of aromatic nitrogens is 2. The van der Waals surface area contributed by atoms with Gasteiger partial charge in [-0.05, 0) is 37.5 Å². The van der Waals surface area contributed by atoms with E-state index < -0.39 is 11.9 Å². The Kier molecular flexibility index (Phi) is 4.19. The molecule has 0 aromatic carbocycles. The van der Waals surface area contributed by atoms with Crippen LogP contribution in [-0.2, 0) is 6.42 Å². The van der Waals surface area contributed by atoms with Crippen molar-refractivity contribution in [2.75, 3.05) is 6.54 Å². The van der Waals surface area contributed by atoms with Gasteiger partial charge in [-0.2, -0.15) is 5.10 Å². The van der Waals surface area contributed by atoms with E-state index in [1.807, 2.05) is 6.92 Å². The minimum atomic E-state index is -1.19. The molecule has 7 nitrogen and oxygen atoms in total. The van der Waals surface area contributed by atoms with E-state index in [9.17, 15) is 9.59 Å². The number of furan rings is 1. The van der Waals surface area contributed by atoms with Crippen LogP contribution < -0.4 is 5.32 Å². The first-order valence-corrected chi connectivity index (χ1v) is 6.18. The highest BCUT2D eigenvalue weighted by molar-refractivity contribution is 5.93. The topological polar surface area (TPSA) is 108 Å². The average Bonchev–Trinajstić information content (AvgIpc) is 3.03. The van der Waals surface area contributed by atoms with Crippen LogP contribution in [0, 0.1) is 6.92 Å². The lowest BCUT2D eigenvalue weighted by molar-refractivity contribution is 0.0659. The molecule has 0 aliphatic carbocycles. The summed E-state index contributed by atoms with van der Waals surface area (Å²) < 4.78 is 4.90. The molecular weight excluding hydrogens is 262 g/mol. The summed E-state index contributed by atoms with van der Waals surface area (Å²) in [5.74, 6) is -1.85. The van der Waals surface area contributed by atoms with Crippen molar-refractivity contribution >= 4 is 11.9 Å². The fraction of sp³-hybridized carbons (Fsp3) is 0.308. The van der Waals surface area contributed by atoms with Crippen molar-refractivity contribution in [3.63, 3.8) is 0 Å². The molecule has 0 saturated heterocycles. The van der Waals surface area contributed by atoms with Crippen molar-refractivity contribution < 1.29 is 19.1 Å². The summed E-state index contributed by atoms with van der Waals surface area (Å²) in [6.07, 6.45) is 3.34. The number of nitrogens with zero attached hydrogens (tertiary/aromatic N) is 1. The average molecular weight is 277 g/mol. The predicted octanol–water partition coefficient (Wildman–Crippen LogP) is 1.37. The van der Waals surface area contributed by atoms with E-state index in [4.69, 9.17) is 9.52 Å². The summed E-state index contributed by atoms with van der Waals surface area (Å²) in [4.78, 5) is 22.3. The molecule has 2 heterocycles.